The fourth-order valence-corrected chi connectivity index (χ4v) is 3.29. The summed E-state index contributed by atoms with van der Waals surface area (Å²) in [6.45, 7) is 0. The second kappa shape index (κ2) is 6.33. The number of rotatable bonds is 3. The molecular formula is C19H13N3O2S. The molecular weight excluding hydrogens is 334 g/mol. The van der Waals surface area contributed by atoms with E-state index in [2.05, 4.69) is 15.5 Å². The number of benzene rings is 3. The molecule has 0 saturated heterocycles. The second-order valence-corrected chi connectivity index (χ2v) is 6.43. The number of nitrogens with zero attached hydrogens (tertiary/aromatic N) is 2. The minimum atomic E-state index is -0.418. The lowest BCUT2D eigenvalue weighted by Crippen LogP contribution is -2.12. The molecule has 1 aromatic heterocycles. The van der Waals surface area contributed by atoms with Crippen LogP contribution in [0.4, 0.5) is 5.13 Å². The van der Waals surface area contributed by atoms with Gasteiger partial charge in [-0.15, -0.1) is 10.2 Å². The number of aromatic hydroxyl groups is 1. The quantitative estimate of drug-likeness (QED) is 0.579. The molecule has 2 N–H and O–H groups in total. The molecule has 3 aromatic carbocycles. The van der Waals surface area contributed by atoms with E-state index in [1.807, 2.05) is 54.6 Å². The zero-order valence-electron chi connectivity index (χ0n) is 13.0. The lowest BCUT2D eigenvalue weighted by atomic mass is 10.1. The summed E-state index contributed by atoms with van der Waals surface area (Å²) in [6, 6.07) is 20.4. The van der Waals surface area contributed by atoms with Gasteiger partial charge in [0, 0.05) is 5.56 Å². The Hall–Kier alpha value is -3.25. The van der Waals surface area contributed by atoms with Gasteiger partial charge in [0.05, 0.1) is 5.56 Å². The molecule has 0 aliphatic carbocycles. The molecule has 0 spiro atoms. The van der Waals surface area contributed by atoms with Crippen molar-refractivity contribution < 1.29 is 9.90 Å². The predicted molar refractivity (Wildman–Crippen MR) is 98.9 cm³/mol. The van der Waals surface area contributed by atoms with Gasteiger partial charge in [0.1, 0.15) is 10.8 Å². The molecule has 4 aromatic rings. The number of nitrogens with one attached hydrogen (secondary N) is 1. The van der Waals surface area contributed by atoms with Gasteiger partial charge in [-0.2, -0.15) is 0 Å². The number of amides is 1. The van der Waals surface area contributed by atoms with Crippen molar-refractivity contribution in [3.8, 4) is 16.3 Å². The zero-order chi connectivity index (χ0) is 17.2. The van der Waals surface area contributed by atoms with Gasteiger partial charge in [0.25, 0.3) is 5.91 Å². The molecule has 4 rings (SSSR count). The molecule has 0 aliphatic heterocycles. The van der Waals surface area contributed by atoms with Gasteiger partial charge < -0.3 is 5.11 Å². The topological polar surface area (TPSA) is 75.1 Å². The van der Waals surface area contributed by atoms with Crippen LogP contribution in [0.25, 0.3) is 21.3 Å². The number of phenols is 1. The van der Waals surface area contributed by atoms with E-state index in [1.165, 1.54) is 11.3 Å². The highest BCUT2D eigenvalue weighted by Crippen LogP contribution is 2.28. The van der Waals surface area contributed by atoms with Crippen LogP contribution in [0, 0.1) is 0 Å². The first-order valence-electron chi connectivity index (χ1n) is 7.63. The minimum Gasteiger partial charge on any atom is -0.507 e. The Kier molecular flexibility index (Phi) is 3.87. The molecule has 25 heavy (non-hydrogen) atoms. The van der Waals surface area contributed by atoms with E-state index in [1.54, 1.807) is 12.1 Å². The van der Waals surface area contributed by atoms with Crippen LogP contribution < -0.4 is 5.32 Å². The van der Waals surface area contributed by atoms with E-state index in [9.17, 15) is 9.90 Å². The van der Waals surface area contributed by atoms with Gasteiger partial charge in [-0.05, 0) is 22.9 Å². The lowest BCUT2D eigenvalue weighted by Gasteiger charge is -2.06. The maximum Gasteiger partial charge on any atom is 0.261 e. The zero-order valence-corrected chi connectivity index (χ0v) is 13.8. The molecule has 0 atom stereocenters. The summed E-state index contributed by atoms with van der Waals surface area (Å²) in [5.74, 6) is -0.483. The number of aromatic nitrogens is 2. The van der Waals surface area contributed by atoms with Crippen LogP contribution in [0.3, 0.4) is 0 Å². The van der Waals surface area contributed by atoms with Gasteiger partial charge in [-0.1, -0.05) is 65.9 Å². The van der Waals surface area contributed by atoms with Crippen molar-refractivity contribution in [1.29, 1.82) is 0 Å². The number of anilines is 1. The molecule has 5 nitrogen and oxygen atoms in total. The van der Waals surface area contributed by atoms with Gasteiger partial charge in [0.15, 0.2) is 0 Å². The third-order valence-electron chi connectivity index (χ3n) is 3.77. The largest absolute Gasteiger partial charge is 0.507 e. The minimum absolute atomic E-state index is 0.0657. The Morgan fingerprint density at radius 2 is 1.60 bits per heavy atom. The number of carbonyl (C=O) groups excluding carboxylic acids is 1. The fourth-order valence-electron chi connectivity index (χ4n) is 2.55. The summed E-state index contributed by atoms with van der Waals surface area (Å²) in [4.78, 5) is 12.5. The molecule has 0 fully saturated rings. The van der Waals surface area contributed by atoms with Crippen molar-refractivity contribution in [1.82, 2.24) is 10.2 Å². The number of phenolic OH excluding ortho intramolecular Hbond substituents is 1. The Morgan fingerprint density at radius 1 is 0.920 bits per heavy atom. The smallest absolute Gasteiger partial charge is 0.261 e. The van der Waals surface area contributed by atoms with Gasteiger partial charge in [-0.25, -0.2) is 0 Å². The summed E-state index contributed by atoms with van der Waals surface area (Å²) in [7, 11) is 0. The van der Waals surface area contributed by atoms with Crippen LogP contribution in [0.2, 0.25) is 0 Å². The van der Waals surface area contributed by atoms with Crippen molar-refractivity contribution in [2.45, 2.75) is 0 Å². The number of carbonyl (C=O) groups is 1. The SMILES string of the molecule is O=C(Nc1nnc(-c2ccccc2)s1)c1cc2ccccc2cc1O. The van der Waals surface area contributed by atoms with Crippen molar-refractivity contribution in [2.24, 2.45) is 0 Å². The van der Waals surface area contributed by atoms with Gasteiger partial charge in [-0.3, -0.25) is 10.1 Å². The highest BCUT2D eigenvalue weighted by atomic mass is 32.1. The number of hydrogen-bond donors (Lipinski definition) is 2. The van der Waals surface area contributed by atoms with Crippen LogP contribution >= 0.6 is 11.3 Å². The van der Waals surface area contributed by atoms with Crippen LogP contribution in [-0.2, 0) is 0 Å². The molecule has 0 unspecified atom stereocenters. The Labute approximate surface area is 147 Å². The van der Waals surface area contributed by atoms with Crippen molar-refractivity contribution >= 4 is 33.1 Å². The van der Waals surface area contributed by atoms with Crippen LogP contribution in [0.15, 0.2) is 66.7 Å². The standard InChI is InChI=1S/C19H13N3O2S/c23-16-11-14-9-5-4-8-13(14)10-15(16)17(24)20-19-22-21-18(25-19)12-6-2-1-3-7-12/h1-11,23H,(H,20,22,24). The Balaban J connectivity index is 1.60. The van der Waals surface area contributed by atoms with Crippen molar-refractivity contribution in [2.75, 3.05) is 5.32 Å². The monoisotopic (exact) mass is 347 g/mol. The summed E-state index contributed by atoms with van der Waals surface area (Å²) in [6.07, 6.45) is 0. The molecule has 6 heteroatoms. The first-order valence-corrected chi connectivity index (χ1v) is 8.44. The molecule has 1 amide bonds. The van der Waals surface area contributed by atoms with Crippen LogP contribution in [-0.4, -0.2) is 21.2 Å². The summed E-state index contributed by atoms with van der Waals surface area (Å²) in [5, 5.41) is 23.8. The maximum atomic E-state index is 12.5. The van der Waals surface area contributed by atoms with Crippen LogP contribution in [0.1, 0.15) is 10.4 Å². The number of fused-ring (bicyclic) bond motifs is 1. The normalized spacial score (nSPS) is 10.7. The van der Waals surface area contributed by atoms with Gasteiger partial charge >= 0.3 is 0 Å². The third-order valence-corrected chi connectivity index (χ3v) is 4.66. The summed E-state index contributed by atoms with van der Waals surface area (Å²) in [5.41, 5.74) is 1.14. The molecule has 0 bridgehead atoms. The fraction of sp³-hybridized carbons (Fsp3) is 0. The Bertz CT molecular complexity index is 1060. The Morgan fingerprint density at radius 3 is 2.36 bits per heavy atom. The first kappa shape index (κ1) is 15.3. The average Bonchev–Trinajstić information content (AvgIpc) is 3.10. The van der Waals surface area contributed by atoms with E-state index < -0.39 is 5.91 Å². The van der Waals surface area contributed by atoms with E-state index in [0.717, 1.165) is 21.3 Å². The average molecular weight is 347 g/mol. The second-order valence-electron chi connectivity index (χ2n) is 5.45. The first-order chi connectivity index (χ1) is 12.2. The highest BCUT2D eigenvalue weighted by Gasteiger charge is 2.15. The molecule has 1 heterocycles. The van der Waals surface area contributed by atoms with Crippen molar-refractivity contribution in [3.05, 3.63) is 72.3 Å². The summed E-state index contributed by atoms with van der Waals surface area (Å²) < 4.78 is 0. The van der Waals surface area contributed by atoms with E-state index in [0.29, 0.717) is 5.13 Å². The van der Waals surface area contributed by atoms with Crippen LogP contribution in [0.5, 0.6) is 5.75 Å². The molecule has 0 radical (unpaired) electrons. The molecule has 122 valence electrons. The molecule has 0 aliphatic rings. The van der Waals surface area contributed by atoms with E-state index >= 15 is 0 Å². The third kappa shape index (κ3) is 3.07. The highest BCUT2D eigenvalue weighted by molar-refractivity contribution is 7.18. The number of hydrogen-bond acceptors (Lipinski definition) is 5. The summed E-state index contributed by atoms with van der Waals surface area (Å²) >= 11 is 1.28. The predicted octanol–water partition coefficient (Wildman–Crippen LogP) is 4.32. The van der Waals surface area contributed by atoms with Crippen molar-refractivity contribution in [3.63, 3.8) is 0 Å². The molecule has 0 saturated carbocycles. The maximum absolute atomic E-state index is 12.5. The lowest BCUT2D eigenvalue weighted by molar-refractivity contribution is 0.102. The van der Waals surface area contributed by atoms with Gasteiger partial charge in [0.2, 0.25) is 5.13 Å². The van der Waals surface area contributed by atoms with E-state index in [4.69, 9.17) is 0 Å². The van der Waals surface area contributed by atoms with E-state index in [-0.39, 0.29) is 11.3 Å².